The minimum Gasteiger partial charge on any atom is -0.747 e. The molecule has 26 heteroatoms. The molecule has 9 atom stereocenters. The second kappa shape index (κ2) is 42.4. The smallest absolute Gasteiger partial charge is 0.747 e. The molecule has 3 aliphatic heterocycles. The van der Waals surface area contributed by atoms with Crippen LogP contribution in [0.2, 0.25) is 5.02 Å². The van der Waals surface area contributed by atoms with E-state index in [1.165, 1.54) is 52.4 Å². The SMILES string of the molecule is CC(=O)Nc1ccc(O)cc1.CC(C)(C)c1ccc(CN2CCN(C(c3ccccc3)c3ccc(Cl)cc3)CC2)cc1.CCCCC(CC)COC(=O)CC(C(=O)OCC(CC)CCCC)S(=O)(=O)[O-].COc1ccc2c3c1O[C@H]1[C@@H](O)C=C[C@H]4[C@@H](C2)N(C)CC[C@@]341.Cl.Cl.O=P(O)(O)O.[Na+]. The molecule has 20 nitrogen and oxygen atoms in total. The molecule has 2 fully saturated rings. The number of aliphatic hydroxyl groups is 1. The first-order valence-electron chi connectivity index (χ1n) is 33.9. The van der Waals surface area contributed by atoms with Crippen LogP contribution in [0.1, 0.15) is 159 Å². The van der Waals surface area contributed by atoms with E-state index in [4.69, 9.17) is 54.9 Å². The van der Waals surface area contributed by atoms with Crippen LogP contribution in [0, 0.1) is 17.8 Å². The van der Waals surface area contributed by atoms with Gasteiger partial charge in [0.05, 0.1) is 32.8 Å². The number of likely N-dealkylation sites (tertiary alicyclic amines) is 1. The zero-order valence-electron chi connectivity index (χ0n) is 59.8. The van der Waals surface area contributed by atoms with Gasteiger partial charge in [0.1, 0.15) is 28.1 Å². The molecule has 10 rings (SSSR count). The number of ether oxygens (including phenoxy) is 4. The monoisotopic (exact) mass is 1500 g/mol. The Hall–Kier alpha value is -4.62. The van der Waals surface area contributed by atoms with E-state index in [0.717, 1.165) is 120 Å². The minimum atomic E-state index is -5.01. The Balaban J connectivity index is 0.000000349. The van der Waals surface area contributed by atoms with E-state index < -0.39 is 47.7 Å². The number of hydrogen-bond donors (Lipinski definition) is 6. The molecule has 5 aliphatic rings. The van der Waals surface area contributed by atoms with Gasteiger partial charge < -0.3 is 58.6 Å². The average Bonchev–Trinajstić information content (AvgIpc) is 1.48. The third-order valence-electron chi connectivity index (χ3n) is 18.8. The van der Waals surface area contributed by atoms with Gasteiger partial charge in [0, 0.05) is 73.3 Å². The number of nitrogens with zero attached hydrogens (tertiary/aromatic N) is 3. The molecule has 2 aliphatic carbocycles. The number of amides is 1. The maximum Gasteiger partial charge on any atom is 1.00 e. The topological polar surface area (TPSA) is 285 Å². The van der Waals surface area contributed by atoms with E-state index in [2.05, 4.69) is 141 Å². The van der Waals surface area contributed by atoms with Crippen molar-refractivity contribution >= 4 is 77.9 Å². The Bertz CT molecular complexity index is 3490. The number of methoxy groups -OCH3 is 1. The molecule has 5 aromatic rings. The van der Waals surface area contributed by atoms with Crippen molar-refractivity contribution in [1.29, 1.82) is 0 Å². The van der Waals surface area contributed by atoms with Gasteiger partial charge >= 0.3 is 49.3 Å². The van der Waals surface area contributed by atoms with Gasteiger partial charge in [-0.2, -0.15) is 0 Å². The Morgan fingerprint density at radius 1 is 0.790 bits per heavy atom. The summed E-state index contributed by atoms with van der Waals surface area (Å²) in [4.78, 5) is 63.9. The van der Waals surface area contributed by atoms with Crippen LogP contribution >= 0.6 is 44.2 Å². The quantitative estimate of drug-likeness (QED) is 0.00885. The minimum absolute atomic E-state index is 0. The van der Waals surface area contributed by atoms with Gasteiger partial charge in [0.2, 0.25) is 5.91 Å². The summed E-state index contributed by atoms with van der Waals surface area (Å²) in [6, 6.07) is 39.6. The van der Waals surface area contributed by atoms with E-state index in [-0.39, 0.29) is 114 Å². The van der Waals surface area contributed by atoms with Crippen molar-refractivity contribution in [2.75, 3.05) is 65.4 Å². The number of phenolic OH excluding ortho intramolecular Hbond substituents is 1. The zero-order valence-corrected chi connectivity index (χ0v) is 65.9. The van der Waals surface area contributed by atoms with Crippen LogP contribution in [-0.4, -0.2) is 154 Å². The Morgan fingerprint density at radius 2 is 1.35 bits per heavy atom. The molecule has 0 saturated carbocycles. The molecule has 6 N–H and O–H groups in total. The number of aliphatic hydroxyl groups excluding tert-OH is 1. The van der Waals surface area contributed by atoms with E-state index >= 15 is 0 Å². The van der Waals surface area contributed by atoms with Gasteiger partial charge in [-0.25, -0.2) is 13.0 Å². The van der Waals surface area contributed by atoms with E-state index in [0.29, 0.717) is 17.6 Å². The van der Waals surface area contributed by atoms with Crippen molar-refractivity contribution in [3.63, 3.8) is 0 Å². The summed E-state index contributed by atoms with van der Waals surface area (Å²) in [6.07, 6.45) is 12.1. The van der Waals surface area contributed by atoms with E-state index in [1.807, 2.05) is 38.1 Å². The molecule has 1 spiro atoms. The molecular formula is C74H105Cl3N4NaO16PS. The number of aromatic hydroxyl groups is 1. The Kier molecular flexibility index (Phi) is 38.0. The molecule has 4 unspecified atom stereocenters. The molecule has 5 aromatic carbocycles. The number of carbonyl (C=O) groups excluding carboxylic acids is 3. The molecule has 100 heavy (non-hydrogen) atoms. The van der Waals surface area contributed by atoms with Crippen LogP contribution in [0.25, 0.3) is 0 Å². The van der Waals surface area contributed by atoms with E-state index in [9.17, 15) is 32.5 Å². The number of carbonyl (C=O) groups is 3. The second-order valence-electron chi connectivity index (χ2n) is 26.8. The standard InChI is InChI=1S/C28H33ClN2.C20H38O7S.C18H21NO3.C8H9NO2.2ClH.Na.H3O4P/c1-28(2,3)25-13-9-22(10-14-25)21-30-17-19-31(20-18-30)27(23-7-5-4-6-8-23)24-11-15-26(29)16-12-24;1-5-9-11-16(7-3)14-26-19(21)13-18(28(23,24)25)20(22)27-15-17(8-4)12-10-6-2;1-19-8-7-18-11-4-5-13(20)17(18)22-16-14(21-2)6-3-10(15(16)18)9-12(11)19;1-6(10)9-7-2-4-8(11)5-3-7;;;;1-5(2,3)4/h4-16,27H,17-21H2,1-3H3;16-18H,5-15H2,1-4H3,(H,23,24,25);3-6,11-13,17,20H,7-9H2,1-2H3;2-5,11H,1H3,(H,9,10);2*1H;;(H3,1,2,3,4)/q;;;;;;+1;/p-1/t;;11-,12+,13-,17-,18-;;;;;/m..0...../s1. The predicted molar refractivity (Wildman–Crippen MR) is 392 cm³/mol. The van der Waals surface area contributed by atoms with Crippen LogP contribution < -0.4 is 44.3 Å². The fourth-order valence-electron chi connectivity index (χ4n) is 13.4. The number of likely N-dealkylation sites (N-methyl/N-ethyl adjacent to an activating group) is 1. The number of phenols is 1. The van der Waals surface area contributed by atoms with Gasteiger partial charge in [-0.15, -0.1) is 24.8 Å². The largest absolute Gasteiger partial charge is 1.00 e. The Labute approximate surface area is 632 Å². The van der Waals surface area contributed by atoms with Crippen molar-refractivity contribution in [1.82, 2.24) is 14.7 Å². The summed E-state index contributed by atoms with van der Waals surface area (Å²) in [6.45, 7) is 22.9. The van der Waals surface area contributed by atoms with Crippen molar-refractivity contribution in [3.8, 4) is 17.2 Å². The first-order valence-corrected chi connectivity index (χ1v) is 37.3. The summed E-state index contributed by atoms with van der Waals surface area (Å²) in [5.74, 6) is 0.424. The number of hydrogen-bond acceptors (Lipinski definition) is 16. The average molecular weight is 1500 g/mol. The maximum absolute atomic E-state index is 12.1. The molecule has 1 amide bonds. The maximum atomic E-state index is 12.1. The molecule has 3 heterocycles. The van der Waals surface area contributed by atoms with Crippen LogP contribution in [0.15, 0.2) is 127 Å². The van der Waals surface area contributed by atoms with Crippen molar-refractivity contribution in [2.24, 2.45) is 17.8 Å². The third kappa shape index (κ3) is 26.5. The molecular weight excluding hydrogens is 1390 g/mol. The van der Waals surface area contributed by atoms with Gasteiger partial charge in [-0.1, -0.05) is 184 Å². The van der Waals surface area contributed by atoms with Gasteiger partial charge in [0.15, 0.2) is 16.7 Å². The number of halogens is 3. The number of piperazine rings is 1. The van der Waals surface area contributed by atoms with Crippen molar-refractivity contribution < 1.29 is 105 Å². The van der Waals surface area contributed by atoms with Crippen LogP contribution in [0.5, 0.6) is 17.2 Å². The first-order chi connectivity index (χ1) is 45.9. The number of phosphoric acid groups is 1. The fraction of sp³-hybridized carbons (Fsp3) is 0.527. The number of esters is 2. The number of unbranched alkanes of at least 4 members (excludes halogenated alkanes) is 2. The third-order valence-corrected chi connectivity index (χ3v) is 20.1. The predicted octanol–water partition coefficient (Wildman–Crippen LogP) is 10.1. The summed E-state index contributed by atoms with van der Waals surface area (Å²) in [5, 5.41) is 20.7. The molecule has 2 bridgehead atoms. The van der Waals surface area contributed by atoms with Crippen LogP contribution in [0.3, 0.4) is 0 Å². The Morgan fingerprint density at radius 3 is 1.87 bits per heavy atom. The van der Waals surface area contributed by atoms with Crippen LogP contribution in [-0.2, 0) is 62.3 Å². The zero-order chi connectivity index (χ0) is 71.3. The number of nitrogens with one attached hydrogen (secondary N) is 1. The second-order valence-corrected chi connectivity index (χ2v) is 29.8. The van der Waals surface area contributed by atoms with E-state index in [1.54, 1.807) is 19.2 Å². The summed E-state index contributed by atoms with van der Waals surface area (Å²) < 4.78 is 65.3. The summed E-state index contributed by atoms with van der Waals surface area (Å²) in [5.41, 5.74) is 8.95. The summed E-state index contributed by atoms with van der Waals surface area (Å²) >= 11 is 6.16. The number of rotatable bonds is 23. The summed E-state index contributed by atoms with van der Waals surface area (Å²) in [7, 11) is -5.75. The normalized spacial score (nSPS) is 20.0. The van der Waals surface area contributed by atoms with Gasteiger partial charge in [0.25, 0.3) is 0 Å². The number of piperidine rings is 1. The van der Waals surface area contributed by atoms with Gasteiger partial charge in [-0.3, -0.25) is 24.2 Å². The first kappa shape index (κ1) is 89.6. The van der Waals surface area contributed by atoms with Crippen molar-refractivity contribution in [3.05, 3.63) is 166 Å². The van der Waals surface area contributed by atoms with Gasteiger partial charge in [-0.05, 0) is 127 Å². The molecule has 0 radical (unpaired) electrons. The van der Waals surface area contributed by atoms with Crippen LogP contribution in [0.4, 0.5) is 5.69 Å². The van der Waals surface area contributed by atoms with Crippen molar-refractivity contribution in [2.45, 2.75) is 173 Å². The number of anilines is 1. The molecule has 2 saturated heterocycles. The fourth-order valence-corrected chi connectivity index (χ4v) is 14.2. The molecule has 550 valence electrons. The molecule has 0 aromatic heterocycles. The number of benzene rings is 5.